The first-order chi connectivity index (χ1) is 8.75. The van der Waals surface area contributed by atoms with Crippen LogP contribution in [0.25, 0.3) is 0 Å². The summed E-state index contributed by atoms with van der Waals surface area (Å²) in [6.07, 6.45) is 13.0. The third kappa shape index (κ3) is 2.89. The zero-order valence-electron chi connectivity index (χ0n) is 11.9. The van der Waals surface area contributed by atoms with Gasteiger partial charge in [0.05, 0.1) is 10.9 Å². The van der Waals surface area contributed by atoms with Crippen LogP contribution in [0.3, 0.4) is 0 Å². The van der Waals surface area contributed by atoms with Crippen LogP contribution in [-0.2, 0) is 4.79 Å². The molecule has 0 aromatic carbocycles. The number of hydrogen-bond donors (Lipinski definition) is 1. The van der Waals surface area contributed by atoms with E-state index in [1.165, 1.54) is 12.8 Å². The lowest BCUT2D eigenvalue weighted by Gasteiger charge is -2.52. The van der Waals surface area contributed by atoms with Gasteiger partial charge in [0, 0.05) is 12.9 Å². The van der Waals surface area contributed by atoms with Crippen molar-refractivity contribution in [3.05, 3.63) is 23.8 Å². The van der Waals surface area contributed by atoms with Gasteiger partial charge >= 0.3 is 0 Å². The molecule has 0 saturated heterocycles. The van der Waals surface area contributed by atoms with Crippen molar-refractivity contribution in [1.82, 2.24) is 5.32 Å². The molecule has 1 heterocycles. The Labute approximate surface area is 117 Å². The molecular formula is C15H27NOS. The van der Waals surface area contributed by atoms with E-state index in [9.17, 15) is 4.79 Å². The van der Waals surface area contributed by atoms with Crippen molar-refractivity contribution >= 4 is 18.0 Å². The Morgan fingerprint density at radius 3 is 2.78 bits per heavy atom. The van der Waals surface area contributed by atoms with Crippen molar-refractivity contribution in [3.63, 3.8) is 0 Å². The molecule has 0 spiro atoms. The van der Waals surface area contributed by atoms with Gasteiger partial charge in [-0.2, -0.15) is 0 Å². The smallest absolute Gasteiger partial charge is 0.147 e. The van der Waals surface area contributed by atoms with Crippen LogP contribution < -0.4 is 5.32 Å². The predicted octanol–water partition coefficient (Wildman–Crippen LogP) is 3.79. The number of rotatable bonds is 4. The fourth-order valence-corrected chi connectivity index (χ4v) is 3.56. The van der Waals surface area contributed by atoms with E-state index in [-0.39, 0.29) is 12.3 Å². The number of carbonyl (C=O) groups is 1. The molecule has 1 aliphatic carbocycles. The second kappa shape index (κ2) is 7.15. The van der Waals surface area contributed by atoms with Crippen molar-refractivity contribution in [1.29, 1.82) is 0 Å². The zero-order chi connectivity index (χ0) is 13.6. The van der Waals surface area contributed by atoms with Gasteiger partial charge in [-0.3, -0.25) is 10.1 Å². The Morgan fingerprint density at radius 2 is 2.33 bits per heavy atom. The van der Waals surface area contributed by atoms with E-state index in [1.54, 1.807) is 0 Å². The summed E-state index contributed by atoms with van der Waals surface area (Å²) in [6, 6.07) is 0.112. The minimum Gasteiger partial charge on any atom is -0.298 e. The summed E-state index contributed by atoms with van der Waals surface area (Å²) in [7, 11) is 0. The largest absolute Gasteiger partial charge is 0.298 e. The summed E-state index contributed by atoms with van der Waals surface area (Å²) >= 11 is 1.89. The highest BCUT2D eigenvalue weighted by atomic mass is 32.2. The summed E-state index contributed by atoms with van der Waals surface area (Å²) in [5.41, 5.74) is 0.902. The molecule has 1 saturated carbocycles. The number of allylic oxidation sites excluding steroid dienone is 1. The molecule has 3 unspecified atom stereocenters. The van der Waals surface area contributed by atoms with Gasteiger partial charge in [0.25, 0.3) is 0 Å². The van der Waals surface area contributed by atoms with E-state index in [0.29, 0.717) is 5.92 Å². The highest BCUT2D eigenvalue weighted by Gasteiger charge is 2.48. The van der Waals surface area contributed by atoms with Crippen molar-refractivity contribution in [2.45, 2.75) is 50.9 Å². The van der Waals surface area contributed by atoms with Crippen LogP contribution in [0.15, 0.2) is 23.8 Å². The average Bonchev–Trinajstić information content (AvgIpc) is 2.41. The van der Waals surface area contributed by atoms with Gasteiger partial charge in [-0.1, -0.05) is 39.0 Å². The molecule has 1 aliphatic heterocycles. The third-order valence-corrected chi connectivity index (χ3v) is 5.00. The summed E-state index contributed by atoms with van der Waals surface area (Å²) in [4.78, 5) is 11.2. The number of nitrogens with one attached hydrogen (secondary N) is 1. The molecule has 0 amide bonds. The number of fused-ring (bicyclic) bond motifs is 1. The lowest BCUT2D eigenvalue weighted by molar-refractivity contribution is -0.105. The Morgan fingerprint density at radius 1 is 1.61 bits per heavy atom. The Kier molecular flexibility index (Phi) is 6.16. The Bertz CT molecular complexity index is 339. The molecule has 0 aromatic rings. The fraction of sp³-hybridized carbons (Fsp3) is 0.667. The van der Waals surface area contributed by atoms with Crippen LogP contribution in [-0.4, -0.2) is 23.5 Å². The van der Waals surface area contributed by atoms with E-state index < -0.39 is 0 Å². The van der Waals surface area contributed by atoms with Gasteiger partial charge in [0.1, 0.15) is 6.29 Å². The minimum atomic E-state index is 0. The topological polar surface area (TPSA) is 29.1 Å². The van der Waals surface area contributed by atoms with E-state index >= 15 is 0 Å². The van der Waals surface area contributed by atoms with Crippen molar-refractivity contribution in [3.8, 4) is 0 Å². The van der Waals surface area contributed by atoms with Gasteiger partial charge < -0.3 is 0 Å². The molecule has 1 fully saturated rings. The van der Waals surface area contributed by atoms with Crippen molar-refractivity contribution < 1.29 is 6.22 Å². The second-order valence-electron chi connectivity index (χ2n) is 4.48. The monoisotopic (exact) mass is 269 g/mol. The SMILES string of the molecule is CC.CC/C=C\C1NC2(SC)CCC2C=C1C=O.[HH]. The standard InChI is InChI=1S/C13H19NOS.C2H6.H2/c1-3-4-5-12-10(9-15)8-11-6-7-13(11,14-12)16-2;1-2;/h4-5,8-9,11-12,14H,3,6-7H2,1-2H3;1-2H3;1H/b5-4-;;. The van der Waals surface area contributed by atoms with Crippen molar-refractivity contribution in [2.24, 2.45) is 5.92 Å². The maximum atomic E-state index is 11.1. The van der Waals surface area contributed by atoms with Crippen LogP contribution in [0.2, 0.25) is 0 Å². The van der Waals surface area contributed by atoms with Crippen LogP contribution >= 0.6 is 11.8 Å². The third-order valence-electron chi connectivity index (χ3n) is 3.64. The number of thioether (sulfide) groups is 1. The highest BCUT2D eigenvalue weighted by molar-refractivity contribution is 8.00. The van der Waals surface area contributed by atoms with Gasteiger partial charge in [0.15, 0.2) is 0 Å². The molecule has 2 aliphatic rings. The highest BCUT2D eigenvalue weighted by Crippen LogP contribution is 2.49. The summed E-state index contributed by atoms with van der Waals surface area (Å²) in [5, 5.41) is 3.63. The van der Waals surface area contributed by atoms with Crippen molar-refractivity contribution in [2.75, 3.05) is 6.26 Å². The fourth-order valence-electron chi connectivity index (χ4n) is 2.51. The molecular weight excluding hydrogens is 242 g/mol. The number of carbonyl (C=O) groups excluding carboxylic acids is 1. The van der Waals surface area contributed by atoms with Crippen LogP contribution in [0.4, 0.5) is 0 Å². The molecule has 0 bridgehead atoms. The summed E-state index contributed by atoms with van der Waals surface area (Å²) < 4.78 is 0. The quantitative estimate of drug-likeness (QED) is 0.622. The zero-order valence-corrected chi connectivity index (χ0v) is 12.7. The molecule has 2 nitrogen and oxygen atoms in total. The van der Waals surface area contributed by atoms with E-state index in [0.717, 1.165) is 18.3 Å². The summed E-state index contributed by atoms with van der Waals surface area (Å²) in [5.74, 6) is 0.536. The first-order valence-electron chi connectivity index (χ1n) is 6.92. The normalized spacial score (nSPS) is 33.9. The van der Waals surface area contributed by atoms with Gasteiger partial charge in [-0.25, -0.2) is 0 Å². The molecule has 18 heavy (non-hydrogen) atoms. The Hall–Kier alpha value is -0.540. The van der Waals surface area contributed by atoms with Crippen LogP contribution in [0.1, 0.15) is 41.5 Å². The Balaban J connectivity index is 0.00000103. The van der Waals surface area contributed by atoms with Gasteiger partial charge in [-0.15, -0.1) is 11.8 Å². The van der Waals surface area contributed by atoms with Gasteiger partial charge in [-0.05, 0) is 25.5 Å². The molecule has 104 valence electrons. The molecule has 1 N–H and O–H groups in total. The average molecular weight is 269 g/mol. The number of hydrogen-bond acceptors (Lipinski definition) is 3. The summed E-state index contributed by atoms with van der Waals surface area (Å²) in [6.45, 7) is 6.11. The van der Waals surface area contributed by atoms with Gasteiger partial charge in [0.2, 0.25) is 0 Å². The molecule has 0 radical (unpaired) electrons. The molecule has 2 rings (SSSR count). The van der Waals surface area contributed by atoms with E-state index in [4.69, 9.17) is 0 Å². The second-order valence-corrected chi connectivity index (χ2v) is 5.62. The molecule has 0 aromatic heterocycles. The van der Waals surface area contributed by atoms with Crippen LogP contribution in [0, 0.1) is 5.92 Å². The minimum absolute atomic E-state index is 0. The number of aldehydes is 1. The van der Waals surface area contributed by atoms with E-state index in [1.807, 2.05) is 25.6 Å². The van der Waals surface area contributed by atoms with Crippen LogP contribution in [0.5, 0.6) is 0 Å². The lowest BCUT2D eigenvalue weighted by atomic mass is 9.74. The maximum Gasteiger partial charge on any atom is 0.147 e. The lowest BCUT2D eigenvalue weighted by Crippen LogP contribution is -2.61. The molecule has 3 heteroatoms. The first-order valence-corrected chi connectivity index (χ1v) is 8.14. The first kappa shape index (κ1) is 15.5. The predicted molar refractivity (Wildman–Crippen MR) is 82.9 cm³/mol. The van der Waals surface area contributed by atoms with E-state index in [2.05, 4.69) is 36.7 Å². The molecule has 3 atom stereocenters. The maximum absolute atomic E-state index is 11.1.